The molecule has 1 unspecified atom stereocenters. The number of halogens is 1. The summed E-state index contributed by atoms with van der Waals surface area (Å²) < 4.78 is 0. The third kappa shape index (κ3) is 2.39. The molecule has 1 aromatic carbocycles. The third-order valence-electron chi connectivity index (χ3n) is 2.94. The Balaban J connectivity index is 2.13. The average molecular weight is 224 g/mol. The second-order valence-electron chi connectivity index (χ2n) is 3.99. The van der Waals surface area contributed by atoms with Crippen molar-refractivity contribution in [1.82, 2.24) is 4.90 Å². The molecule has 3 heteroatoms. The summed E-state index contributed by atoms with van der Waals surface area (Å²) in [6.07, 6.45) is 0.685. The highest BCUT2D eigenvalue weighted by molar-refractivity contribution is 6.30. The van der Waals surface area contributed by atoms with Gasteiger partial charge >= 0.3 is 0 Å². The Kier molecular flexibility index (Phi) is 3.08. The van der Waals surface area contributed by atoms with Gasteiger partial charge in [0.25, 0.3) is 0 Å². The van der Waals surface area contributed by atoms with E-state index in [1.807, 2.05) is 18.2 Å². The van der Waals surface area contributed by atoms with Crippen LogP contribution in [0.3, 0.4) is 0 Å². The normalized spacial score (nSPS) is 19.5. The molecule has 0 aliphatic carbocycles. The predicted octanol–water partition coefficient (Wildman–Crippen LogP) is 2.68. The largest absolute Gasteiger partial charge is 0.298 e. The third-order valence-corrected chi connectivity index (χ3v) is 3.17. The van der Waals surface area contributed by atoms with Crippen LogP contribution in [-0.4, -0.2) is 23.8 Å². The van der Waals surface area contributed by atoms with Gasteiger partial charge in [-0.05, 0) is 24.6 Å². The van der Waals surface area contributed by atoms with E-state index in [0.29, 0.717) is 18.7 Å². The van der Waals surface area contributed by atoms with Gasteiger partial charge in [-0.2, -0.15) is 0 Å². The van der Waals surface area contributed by atoms with E-state index in [9.17, 15) is 4.79 Å². The summed E-state index contributed by atoms with van der Waals surface area (Å²) in [6, 6.07) is 8.11. The van der Waals surface area contributed by atoms with E-state index < -0.39 is 0 Å². The molecule has 2 rings (SSSR count). The Morgan fingerprint density at radius 2 is 2.27 bits per heavy atom. The summed E-state index contributed by atoms with van der Waals surface area (Å²) in [7, 11) is 0. The van der Waals surface area contributed by atoms with E-state index in [-0.39, 0.29) is 6.04 Å². The van der Waals surface area contributed by atoms with Crippen LogP contribution in [0.2, 0.25) is 5.02 Å². The standard InChI is InChI=1S/C12H14ClNO/c1-9(14-6-5-12(15)8-14)10-3-2-4-11(13)7-10/h2-4,7,9H,5-6,8H2,1H3. The van der Waals surface area contributed by atoms with Crippen LogP contribution < -0.4 is 0 Å². The van der Waals surface area contributed by atoms with Crippen molar-refractivity contribution in [3.05, 3.63) is 34.9 Å². The molecular weight excluding hydrogens is 210 g/mol. The first-order chi connectivity index (χ1) is 7.16. The molecule has 1 aliphatic rings. The van der Waals surface area contributed by atoms with Gasteiger partial charge in [-0.1, -0.05) is 23.7 Å². The lowest BCUT2D eigenvalue weighted by Gasteiger charge is -2.23. The van der Waals surface area contributed by atoms with Crippen molar-refractivity contribution in [3.8, 4) is 0 Å². The number of likely N-dealkylation sites (tertiary alicyclic amines) is 1. The lowest BCUT2D eigenvalue weighted by atomic mass is 10.1. The molecule has 1 aliphatic heterocycles. The van der Waals surface area contributed by atoms with E-state index >= 15 is 0 Å². The minimum atomic E-state index is 0.273. The minimum absolute atomic E-state index is 0.273. The fourth-order valence-electron chi connectivity index (χ4n) is 1.96. The number of hydrogen-bond donors (Lipinski definition) is 0. The Morgan fingerprint density at radius 1 is 1.47 bits per heavy atom. The Labute approximate surface area is 94.8 Å². The van der Waals surface area contributed by atoms with Gasteiger partial charge in [0.1, 0.15) is 5.78 Å². The number of carbonyl (C=O) groups is 1. The molecule has 0 radical (unpaired) electrons. The van der Waals surface area contributed by atoms with Gasteiger partial charge < -0.3 is 0 Å². The predicted molar refractivity (Wildman–Crippen MR) is 61.1 cm³/mol. The van der Waals surface area contributed by atoms with E-state index in [0.717, 1.165) is 11.6 Å². The van der Waals surface area contributed by atoms with Crippen molar-refractivity contribution in [2.75, 3.05) is 13.1 Å². The lowest BCUT2D eigenvalue weighted by molar-refractivity contribution is -0.117. The van der Waals surface area contributed by atoms with Gasteiger partial charge in [0.05, 0.1) is 6.54 Å². The fourth-order valence-corrected chi connectivity index (χ4v) is 2.16. The molecule has 1 aromatic rings. The van der Waals surface area contributed by atoms with Gasteiger partial charge in [0.2, 0.25) is 0 Å². The van der Waals surface area contributed by atoms with Crippen LogP contribution in [0.5, 0.6) is 0 Å². The SMILES string of the molecule is CC(c1cccc(Cl)c1)N1CCC(=O)C1. The molecular formula is C12H14ClNO. The van der Waals surface area contributed by atoms with E-state index in [1.54, 1.807) is 0 Å². The van der Waals surface area contributed by atoms with Crippen molar-refractivity contribution in [1.29, 1.82) is 0 Å². The minimum Gasteiger partial charge on any atom is -0.298 e. The van der Waals surface area contributed by atoms with Crippen LogP contribution in [0.1, 0.15) is 24.9 Å². The van der Waals surface area contributed by atoms with E-state index in [4.69, 9.17) is 11.6 Å². The summed E-state index contributed by atoms with van der Waals surface area (Å²) in [4.78, 5) is 13.4. The van der Waals surface area contributed by atoms with Gasteiger partial charge in [-0.3, -0.25) is 9.69 Å². The summed E-state index contributed by atoms with van der Waals surface area (Å²) in [5.41, 5.74) is 1.18. The molecule has 0 amide bonds. The van der Waals surface area contributed by atoms with Crippen molar-refractivity contribution in [3.63, 3.8) is 0 Å². The number of ketones is 1. The second-order valence-corrected chi connectivity index (χ2v) is 4.43. The first-order valence-electron chi connectivity index (χ1n) is 5.18. The van der Waals surface area contributed by atoms with Gasteiger partial charge in [0, 0.05) is 24.0 Å². The van der Waals surface area contributed by atoms with E-state index in [2.05, 4.69) is 17.9 Å². The maximum Gasteiger partial charge on any atom is 0.148 e. The molecule has 2 nitrogen and oxygen atoms in total. The van der Waals surface area contributed by atoms with Gasteiger partial charge in [-0.15, -0.1) is 0 Å². The zero-order valence-corrected chi connectivity index (χ0v) is 9.50. The van der Waals surface area contributed by atoms with Gasteiger partial charge in [-0.25, -0.2) is 0 Å². The van der Waals surface area contributed by atoms with E-state index in [1.165, 1.54) is 5.56 Å². The molecule has 0 aromatic heterocycles. The molecule has 0 spiro atoms. The van der Waals surface area contributed by atoms with Crippen molar-refractivity contribution in [2.24, 2.45) is 0 Å². The summed E-state index contributed by atoms with van der Waals surface area (Å²) >= 11 is 5.94. The van der Waals surface area contributed by atoms with Crippen LogP contribution in [0, 0.1) is 0 Å². The average Bonchev–Trinajstić information content (AvgIpc) is 2.64. The summed E-state index contributed by atoms with van der Waals surface area (Å²) in [6.45, 7) is 3.56. The molecule has 0 saturated carbocycles. The topological polar surface area (TPSA) is 20.3 Å². The summed E-state index contributed by atoms with van der Waals surface area (Å²) in [5, 5.41) is 0.755. The Morgan fingerprint density at radius 3 is 2.87 bits per heavy atom. The van der Waals surface area contributed by atoms with Crippen molar-refractivity contribution < 1.29 is 4.79 Å². The zero-order chi connectivity index (χ0) is 10.8. The smallest absolute Gasteiger partial charge is 0.148 e. The van der Waals surface area contributed by atoms with Crippen LogP contribution in [0.25, 0.3) is 0 Å². The number of rotatable bonds is 2. The Hall–Kier alpha value is -0.860. The monoisotopic (exact) mass is 223 g/mol. The first kappa shape index (κ1) is 10.7. The number of hydrogen-bond acceptors (Lipinski definition) is 2. The molecule has 1 atom stereocenters. The molecule has 1 fully saturated rings. The lowest BCUT2D eigenvalue weighted by Crippen LogP contribution is -2.24. The summed E-state index contributed by atoms with van der Waals surface area (Å²) in [5.74, 6) is 0.337. The highest BCUT2D eigenvalue weighted by Gasteiger charge is 2.24. The number of Topliss-reactive ketones (excluding diaryl/α,β-unsaturated/α-hetero) is 1. The van der Waals surface area contributed by atoms with Crippen LogP contribution in [0.4, 0.5) is 0 Å². The fraction of sp³-hybridized carbons (Fsp3) is 0.417. The molecule has 80 valence electrons. The highest BCUT2D eigenvalue weighted by Crippen LogP contribution is 2.25. The molecule has 1 saturated heterocycles. The maximum atomic E-state index is 11.2. The quantitative estimate of drug-likeness (QED) is 0.769. The number of nitrogens with zero attached hydrogens (tertiary/aromatic N) is 1. The van der Waals surface area contributed by atoms with Crippen LogP contribution in [0.15, 0.2) is 24.3 Å². The molecule has 1 heterocycles. The van der Waals surface area contributed by atoms with Crippen molar-refractivity contribution >= 4 is 17.4 Å². The van der Waals surface area contributed by atoms with Crippen LogP contribution >= 0.6 is 11.6 Å². The molecule has 0 bridgehead atoms. The van der Waals surface area contributed by atoms with Gasteiger partial charge in [0.15, 0.2) is 0 Å². The first-order valence-corrected chi connectivity index (χ1v) is 5.56. The van der Waals surface area contributed by atoms with Crippen molar-refractivity contribution in [2.45, 2.75) is 19.4 Å². The second kappa shape index (κ2) is 4.33. The number of benzene rings is 1. The molecule has 0 N–H and O–H groups in total. The van der Waals surface area contributed by atoms with Crippen LogP contribution in [-0.2, 0) is 4.79 Å². The maximum absolute atomic E-state index is 11.2. The number of carbonyl (C=O) groups excluding carboxylic acids is 1. The molecule has 15 heavy (non-hydrogen) atoms. The zero-order valence-electron chi connectivity index (χ0n) is 8.74. The Bertz CT molecular complexity index is 378. The highest BCUT2D eigenvalue weighted by atomic mass is 35.5.